The van der Waals surface area contributed by atoms with E-state index >= 15 is 0 Å². The Hall–Kier alpha value is -3.20. The van der Waals surface area contributed by atoms with Crippen LogP contribution in [-0.4, -0.2) is 41.9 Å². The van der Waals surface area contributed by atoms with Crippen LogP contribution in [0.3, 0.4) is 0 Å². The zero-order chi connectivity index (χ0) is 24.6. The predicted molar refractivity (Wildman–Crippen MR) is 129 cm³/mol. The summed E-state index contributed by atoms with van der Waals surface area (Å²) < 4.78 is 5.24. The van der Waals surface area contributed by atoms with E-state index in [1.165, 1.54) is 11.3 Å². The molecule has 1 aliphatic heterocycles. The van der Waals surface area contributed by atoms with Crippen LogP contribution in [0.25, 0.3) is 0 Å². The maximum absolute atomic E-state index is 13.2. The van der Waals surface area contributed by atoms with E-state index in [0.717, 1.165) is 40.2 Å². The second-order valence-electron chi connectivity index (χ2n) is 9.14. The Morgan fingerprint density at radius 3 is 2.65 bits per heavy atom. The van der Waals surface area contributed by atoms with Gasteiger partial charge in [-0.05, 0) is 57.1 Å². The Bertz CT molecular complexity index is 1160. The number of thiophene rings is 1. The lowest BCUT2D eigenvalue weighted by molar-refractivity contribution is -0.133. The summed E-state index contributed by atoms with van der Waals surface area (Å²) in [6.07, 6.45) is 2.55. The highest BCUT2D eigenvalue weighted by atomic mass is 32.1. The van der Waals surface area contributed by atoms with Crippen molar-refractivity contribution in [2.24, 2.45) is 5.92 Å². The van der Waals surface area contributed by atoms with E-state index < -0.39 is 35.9 Å². The Morgan fingerprint density at radius 2 is 1.97 bits per heavy atom. The largest absolute Gasteiger partial charge is 0.462 e. The van der Waals surface area contributed by atoms with Gasteiger partial charge in [-0.2, -0.15) is 0 Å². The fraction of sp³-hybridized carbons (Fsp3) is 0.440. The van der Waals surface area contributed by atoms with Crippen LogP contribution in [-0.2, 0) is 32.7 Å². The van der Waals surface area contributed by atoms with Gasteiger partial charge in [0, 0.05) is 4.88 Å². The molecular formula is C25H29N3O5S. The molecule has 1 saturated heterocycles. The Labute approximate surface area is 202 Å². The van der Waals surface area contributed by atoms with Gasteiger partial charge < -0.3 is 15.4 Å². The number of benzene rings is 1. The third kappa shape index (κ3) is 4.32. The molecule has 2 heterocycles. The molecule has 0 saturated carbocycles. The molecule has 0 bridgehead atoms. The number of anilines is 1. The highest BCUT2D eigenvalue weighted by Crippen LogP contribution is 2.40. The summed E-state index contributed by atoms with van der Waals surface area (Å²) in [4.78, 5) is 53.4. The molecular weight excluding hydrogens is 454 g/mol. The number of esters is 1. The number of imide groups is 1. The van der Waals surface area contributed by atoms with Gasteiger partial charge in [0.2, 0.25) is 5.91 Å². The summed E-state index contributed by atoms with van der Waals surface area (Å²) in [6, 6.07) is 6.69. The van der Waals surface area contributed by atoms with Gasteiger partial charge in [0.15, 0.2) is 0 Å². The van der Waals surface area contributed by atoms with Gasteiger partial charge >= 0.3 is 12.0 Å². The van der Waals surface area contributed by atoms with Crippen molar-refractivity contribution in [1.29, 1.82) is 0 Å². The van der Waals surface area contributed by atoms with Gasteiger partial charge in [-0.1, -0.05) is 36.8 Å². The number of nitrogens with one attached hydrogen (secondary N) is 2. The number of carbonyl (C=O) groups excluding carboxylic acids is 4. The van der Waals surface area contributed by atoms with E-state index in [0.29, 0.717) is 22.0 Å². The van der Waals surface area contributed by atoms with Crippen LogP contribution in [0.5, 0.6) is 0 Å². The highest BCUT2D eigenvalue weighted by Gasteiger charge is 2.49. The van der Waals surface area contributed by atoms with Crippen LogP contribution in [0.2, 0.25) is 0 Å². The van der Waals surface area contributed by atoms with Crippen LogP contribution in [0, 0.1) is 12.8 Å². The molecule has 2 aromatic rings. The van der Waals surface area contributed by atoms with E-state index in [1.807, 2.05) is 19.1 Å². The Balaban J connectivity index is 1.54. The molecule has 1 aromatic heterocycles. The molecule has 1 aliphatic carbocycles. The first-order valence-corrected chi connectivity index (χ1v) is 12.3. The van der Waals surface area contributed by atoms with Crippen molar-refractivity contribution in [1.82, 2.24) is 10.2 Å². The molecule has 2 atom stereocenters. The number of ether oxygens (including phenoxy) is 1. The number of hydrogen-bond donors (Lipinski definition) is 2. The first-order valence-electron chi connectivity index (χ1n) is 11.5. The molecule has 1 aromatic carbocycles. The van der Waals surface area contributed by atoms with Gasteiger partial charge in [0.1, 0.15) is 17.1 Å². The summed E-state index contributed by atoms with van der Waals surface area (Å²) in [7, 11) is 0. The SMILES string of the molecule is CCOC(=O)c1c(NC(=O)CN2C(=O)N[C@](C)(c3ccc(C)cc3)C2=O)sc2c1CC[C@@H](C)C2. The predicted octanol–water partition coefficient (Wildman–Crippen LogP) is 3.76. The van der Waals surface area contributed by atoms with Gasteiger partial charge in [0.25, 0.3) is 5.91 Å². The van der Waals surface area contributed by atoms with Crippen molar-refractivity contribution in [2.45, 2.75) is 52.5 Å². The van der Waals surface area contributed by atoms with Crippen molar-refractivity contribution >= 4 is 40.2 Å². The van der Waals surface area contributed by atoms with Crippen molar-refractivity contribution in [3.8, 4) is 0 Å². The molecule has 180 valence electrons. The van der Waals surface area contributed by atoms with Crippen LogP contribution in [0.15, 0.2) is 24.3 Å². The van der Waals surface area contributed by atoms with E-state index in [2.05, 4.69) is 17.6 Å². The number of amides is 4. The number of nitrogens with zero attached hydrogens (tertiary/aromatic N) is 1. The van der Waals surface area contributed by atoms with Gasteiger partial charge in [0.05, 0.1) is 12.2 Å². The van der Waals surface area contributed by atoms with E-state index in [1.54, 1.807) is 26.0 Å². The molecule has 1 fully saturated rings. The quantitative estimate of drug-likeness (QED) is 0.481. The third-order valence-corrected chi connectivity index (χ3v) is 7.62. The standard InChI is InChI=1S/C25H29N3O5S/c1-5-33-22(30)20-17-11-8-15(3)12-18(17)34-21(20)26-19(29)13-28-23(31)25(4,27-24(28)32)16-9-6-14(2)7-10-16/h6-7,9-10,15H,5,8,11-13H2,1-4H3,(H,26,29)(H,27,32)/t15-,25-/m1/s1. The number of hydrogen-bond acceptors (Lipinski definition) is 6. The average molecular weight is 484 g/mol. The molecule has 4 amide bonds. The summed E-state index contributed by atoms with van der Waals surface area (Å²) >= 11 is 1.37. The second kappa shape index (κ2) is 9.21. The van der Waals surface area contributed by atoms with Crippen molar-refractivity contribution in [2.75, 3.05) is 18.5 Å². The van der Waals surface area contributed by atoms with Gasteiger partial charge in [-0.3, -0.25) is 14.5 Å². The Morgan fingerprint density at radius 1 is 1.26 bits per heavy atom. The number of fused-ring (bicyclic) bond motifs is 1. The van der Waals surface area contributed by atoms with E-state index in [4.69, 9.17) is 4.74 Å². The lowest BCUT2D eigenvalue weighted by Gasteiger charge is -2.22. The summed E-state index contributed by atoms with van der Waals surface area (Å²) in [5.41, 5.74) is 1.75. The van der Waals surface area contributed by atoms with Crippen molar-refractivity contribution in [3.05, 3.63) is 51.4 Å². The van der Waals surface area contributed by atoms with Crippen molar-refractivity contribution in [3.63, 3.8) is 0 Å². The first kappa shape index (κ1) is 23.9. The monoisotopic (exact) mass is 483 g/mol. The van der Waals surface area contributed by atoms with Gasteiger partial charge in [-0.15, -0.1) is 11.3 Å². The van der Waals surface area contributed by atoms with Gasteiger partial charge in [-0.25, -0.2) is 9.59 Å². The number of rotatable bonds is 6. The van der Waals surface area contributed by atoms with Crippen LogP contribution < -0.4 is 10.6 Å². The number of urea groups is 1. The molecule has 0 spiro atoms. The molecule has 2 aliphatic rings. The lowest BCUT2D eigenvalue weighted by Crippen LogP contribution is -2.42. The fourth-order valence-electron chi connectivity index (χ4n) is 4.49. The lowest BCUT2D eigenvalue weighted by atomic mass is 9.88. The Kier molecular flexibility index (Phi) is 6.49. The fourth-order valence-corrected chi connectivity index (χ4v) is 5.91. The maximum atomic E-state index is 13.2. The smallest absolute Gasteiger partial charge is 0.341 e. The minimum atomic E-state index is -1.25. The van der Waals surface area contributed by atoms with Crippen LogP contribution in [0.4, 0.5) is 9.80 Å². The molecule has 4 rings (SSSR count). The van der Waals surface area contributed by atoms with E-state index in [9.17, 15) is 19.2 Å². The average Bonchev–Trinajstić information content (AvgIpc) is 3.23. The third-order valence-electron chi connectivity index (χ3n) is 6.45. The molecule has 8 nitrogen and oxygen atoms in total. The molecule has 2 N–H and O–H groups in total. The number of carbonyl (C=O) groups is 4. The maximum Gasteiger partial charge on any atom is 0.341 e. The number of aryl methyl sites for hydroxylation is 1. The molecule has 9 heteroatoms. The zero-order valence-corrected chi connectivity index (χ0v) is 20.6. The van der Waals surface area contributed by atoms with Crippen LogP contribution >= 0.6 is 11.3 Å². The zero-order valence-electron chi connectivity index (χ0n) is 19.8. The van der Waals surface area contributed by atoms with Crippen LogP contribution in [0.1, 0.15) is 59.1 Å². The van der Waals surface area contributed by atoms with E-state index in [-0.39, 0.29) is 6.61 Å². The molecule has 0 unspecified atom stereocenters. The topological polar surface area (TPSA) is 105 Å². The summed E-state index contributed by atoms with van der Waals surface area (Å²) in [5, 5.41) is 5.89. The highest BCUT2D eigenvalue weighted by molar-refractivity contribution is 7.17. The molecule has 34 heavy (non-hydrogen) atoms. The normalized spacial score (nSPS) is 21.8. The minimum Gasteiger partial charge on any atom is -0.462 e. The summed E-state index contributed by atoms with van der Waals surface area (Å²) in [6.45, 7) is 7.24. The minimum absolute atomic E-state index is 0.229. The first-order chi connectivity index (χ1) is 16.1. The summed E-state index contributed by atoms with van der Waals surface area (Å²) in [5.74, 6) is -1.02. The molecule has 0 radical (unpaired) electrons. The van der Waals surface area contributed by atoms with Crippen molar-refractivity contribution < 1.29 is 23.9 Å². The second-order valence-corrected chi connectivity index (χ2v) is 10.2.